The molecule has 52 heavy (non-hydrogen) atoms. The Bertz CT molecular complexity index is 1290. The first-order valence-corrected chi connectivity index (χ1v) is 18.0. The fourth-order valence-corrected chi connectivity index (χ4v) is 6.72. The van der Waals surface area contributed by atoms with E-state index in [0.717, 1.165) is 0 Å². The van der Waals surface area contributed by atoms with E-state index in [1.54, 1.807) is 69.4 Å². The van der Waals surface area contributed by atoms with Crippen molar-refractivity contribution in [1.82, 2.24) is 0 Å². The van der Waals surface area contributed by atoms with Crippen molar-refractivity contribution in [3.63, 3.8) is 0 Å². The molecule has 0 aromatic heterocycles. The summed E-state index contributed by atoms with van der Waals surface area (Å²) in [7, 11) is 0. The molecule has 294 valence electrons. The highest BCUT2D eigenvalue weighted by Gasteiger charge is 2.50. The number of hydrogen-bond acceptors (Lipinski definition) is 14. The van der Waals surface area contributed by atoms with Gasteiger partial charge in [-0.15, -0.1) is 0 Å². The molecule has 0 aliphatic carbocycles. The average molecular weight is 740 g/mol. The highest BCUT2D eigenvalue weighted by atomic mass is 16.7. The number of Topliss-reactive ketones (excluding diaryl/α,β-unsaturated/α-hetero) is 1. The van der Waals surface area contributed by atoms with Crippen molar-refractivity contribution in [2.24, 2.45) is 17.6 Å². The average Bonchev–Trinajstić information content (AvgIpc) is 3.04. The molecule has 2 bridgehead atoms. The molecule has 3 rings (SSSR count). The van der Waals surface area contributed by atoms with Gasteiger partial charge in [-0.2, -0.15) is 0 Å². The van der Waals surface area contributed by atoms with E-state index >= 15 is 0 Å². The molecular formula is C37H57NO14. The lowest BCUT2D eigenvalue weighted by Crippen LogP contribution is -2.61. The quantitative estimate of drug-likeness (QED) is 0.187. The maximum Gasteiger partial charge on any atom is 0.311 e. The second kappa shape index (κ2) is 20.6. The van der Waals surface area contributed by atoms with Crippen molar-refractivity contribution < 1.29 is 69.1 Å². The molecule has 0 amide bonds. The van der Waals surface area contributed by atoms with Crippen LogP contribution in [0.3, 0.4) is 0 Å². The van der Waals surface area contributed by atoms with E-state index in [1.165, 1.54) is 0 Å². The SMILES string of the molecule is CCC1C(=O)O[C@@H](C)C/C=C/C=C/C=C/C=C/[C@H](O[C@@H]2O[C@H](C)[C@@H](O)[C@H](N)[C@@H]2O)CC2O[C@](O)(CC(O)CCCC(=O)CC1O)C[C@H](O)[C@H]2C(=O)O. The first-order chi connectivity index (χ1) is 24.5. The molecule has 15 nitrogen and oxygen atoms in total. The van der Waals surface area contributed by atoms with Gasteiger partial charge in [0.15, 0.2) is 12.1 Å². The van der Waals surface area contributed by atoms with Gasteiger partial charge in [-0.3, -0.25) is 14.4 Å². The summed E-state index contributed by atoms with van der Waals surface area (Å²) in [5.74, 6) is -6.84. The zero-order valence-electron chi connectivity index (χ0n) is 30.1. The number of carboxylic acid groups (broad SMARTS) is 1. The summed E-state index contributed by atoms with van der Waals surface area (Å²) in [6.45, 7) is 5.00. The van der Waals surface area contributed by atoms with E-state index in [0.29, 0.717) is 6.42 Å². The minimum absolute atomic E-state index is 0.0197. The van der Waals surface area contributed by atoms with Crippen molar-refractivity contribution in [2.45, 2.75) is 152 Å². The summed E-state index contributed by atoms with van der Waals surface area (Å²) in [5.41, 5.74) is 5.98. The third-order valence-corrected chi connectivity index (χ3v) is 9.66. The van der Waals surface area contributed by atoms with Crippen LogP contribution in [-0.4, -0.2) is 127 Å². The number of ether oxygens (including phenoxy) is 4. The number of allylic oxidation sites excluding steroid dienone is 6. The van der Waals surface area contributed by atoms with Gasteiger partial charge >= 0.3 is 11.9 Å². The van der Waals surface area contributed by atoms with Crippen LogP contribution in [0.5, 0.6) is 0 Å². The van der Waals surface area contributed by atoms with Crippen LogP contribution in [0.1, 0.15) is 78.6 Å². The van der Waals surface area contributed by atoms with Crippen LogP contribution in [0.25, 0.3) is 0 Å². The van der Waals surface area contributed by atoms with Crippen molar-refractivity contribution >= 4 is 17.7 Å². The number of ketones is 1. The maximum absolute atomic E-state index is 12.8. The lowest BCUT2D eigenvalue weighted by atomic mass is 9.83. The summed E-state index contributed by atoms with van der Waals surface area (Å²) < 4.78 is 23.1. The number of aliphatic hydroxyl groups excluding tert-OH is 5. The maximum atomic E-state index is 12.8. The second-order valence-corrected chi connectivity index (χ2v) is 14.1. The highest BCUT2D eigenvalue weighted by Crippen LogP contribution is 2.38. The molecule has 0 radical (unpaired) electrons. The summed E-state index contributed by atoms with van der Waals surface area (Å²) in [6.07, 6.45) is 1.33. The number of carbonyl (C=O) groups excluding carboxylic acids is 2. The van der Waals surface area contributed by atoms with E-state index in [1.807, 2.05) is 0 Å². The number of rotatable bonds is 4. The van der Waals surface area contributed by atoms with Crippen molar-refractivity contribution in [3.05, 3.63) is 48.6 Å². The van der Waals surface area contributed by atoms with Crippen molar-refractivity contribution in [2.75, 3.05) is 0 Å². The van der Waals surface area contributed by atoms with Crippen LogP contribution in [0.4, 0.5) is 0 Å². The molecule has 3 heterocycles. The van der Waals surface area contributed by atoms with Crippen LogP contribution in [0.2, 0.25) is 0 Å². The van der Waals surface area contributed by atoms with E-state index in [9.17, 15) is 50.1 Å². The van der Waals surface area contributed by atoms with Crippen LogP contribution in [0, 0.1) is 11.8 Å². The summed E-state index contributed by atoms with van der Waals surface area (Å²) in [5, 5.41) is 74.8. The Morgan fingerprint density at radius 1 is 0.981 bits per heavy atom. The highest BCUT2D eigenvalue weighted by molar-refractivity contribution is 5.80. The molecule has 4 unspecified atom stereocenters. The molecule has 2 fully saturated rings. The second-order valence-electron chi connectivity index (χ2n) is 14.1. The fourth-order valence-electron chi connectivity index (χ4n) is 6.72. The number of nitrogens with two attached hydrogens (primary N) is 1. The minimum Gasteiger partial charge on any atom is -0.481 e. The van der Waals surface area contributed by atoms with Gasteiger partial charge in [-0.25, -0.2) is 0 Å². The molecule has 3 aliphatic heterocycles. The first kappa shape index (κ1) is 43.6. The van der Waals surface area contributed by atoms with Crippen LogP contribution >= 0.6 is 0 Å². The summed E-state index contributed by atoms with van der Waals surface area (Å²) in [6, 6.07) is -1.10. The third-order valence-electron chi connectivity index (χ3n) is 9.66. The molecule has 2 saturated heterocycles. The predicted molar refractivity (Wildman–Crippen MR) is 186 cm³/mol. The Kier molecular flexibility index (Phi) is 17.2. The predicted octanol–water partition coefficient (Wildman–Crippen LogP) is 0.923. The number of fused-ring (bicyclic) bond motifs is 2. The standard InChI is InChI=1S/C37H57NO14/c1-4-26-27(41)17-23(39)14-12-15-24(40)19-37(48)20-28(42)30(34(45)46)29(52-37)18-25(51-36-33(44)31(38)32(43)22(3)50-36)16-11-9-7-5-6-8-10-13-21(2)49-35(26)47/h5-11,16,21-22,24-33,36,40-44,48H,4,12-15,17-20,38H2,1-3H3,(H,45,46)/b6-5+,9-7+,10-8+,16-11+/t21-,22+,24?,25-,26?,27?,28-,29?,30+,31-,32+,33-,36-,37+/m0/s1. The molecule has 0 spiro atoms. The molecular weight excluding hydrogens is 682 g/mol. The van der Waals surface area contributed by atoms with Crippen molar-refractivity contribution in [1.29, 1.82) is 0 Å². The number of cyclic esters (lactones) is 1. The zero-order chi connectivity index (χ0) is 38.6. The lowest BCUT2D eigenvalue weighted by molar-refractivity contribution is -0.308. The van der Waals surface area contributed by atoms with Gasteiger partial charge in [0.25, 0.3) is 0 Å². The third kappa shape index (κ3) is 12.9. The Labute approximate surface area is 304 Å². The van der Waals surface area contributed by atoms with Gasteiger partial charge in [-0.05, 0) is 33.1 Å². The monoisotopic (exact) mass is 739 g/mol. The Hall–Kier alpha value is -2.83. The zero-order valence-corrected chi connectivity index (χ0v) is 30.1. The Morgan fingerprint density at radius 3 is 2.33 bits per heavy atom. The molecule has 14 atom stereocenters. The van der Waals surface area contributed by atoms with Crippen LogP contribution < -0.4 is 5.73 Å². The summed E-state index contributed by atoms with van der Waals surface area (Å²) >= 11 is 0. The molecule has 9 N–H and O–H groups in total. The Morgan fingerprint density at radius 2 is 1.65 bits per heavy atom. The number of carboxylic acids is 1. The normalized spacial score (nSPS) is 43.5. The van der Waals surface area contributed by atoms with E-state index in [-0.39, 0.29) is 44.3 Å². The van der Waals surface area contributed by atoms with Crippen LogP contribution in [-0.2, 0) is 33.3 Å². The fraction of sp³-hybridized carbons (Fsp3) is 0.703. The van der Waals surface area contributed by atoms with Gasteiger partial charge in [-0.1, -0.05) is 55.5 Å². The minimum atomic E-state index is -2.15. The van der Waals surface area contributed by atoms with E-state index < -0.39 is 110 Å². The molecule has 0 saturated carbocycles. The molecule has 0 aromatic carbocycles. The van der Waals surface area contributed by atoms with Gasteiger partial charge in [0, 0.05) is 38.5 Å². The number of esters is 1. The van der Waals surface area contributed by atoms with Crippen LogP contribution in [0.15, 0.2) is 48.6 Å². The van der Waals surface area contributed by atoms with Gasteiger partial charge in [0.2, 0.25) is 0 Å². The van der Waals surface area contributed by atoms with Gasteiger partial charge in [0.1, 0.15) is 23.9 Å². The number of hydrogen-bond donors (Lipinski definition) is 8. The molecule has 15 heteroatoms. The smallest absolute Gasteiger partial charge is 0.311 e. The molecule has 3 aliphatic rings. The number of carbonyl (C=O) groups is 3. The number of aliphatic hydroxyl groups is 6. The Balaban J connectivity index is 1.88. The lowest BCUT2D eigenvalue weighted by Gasteiger charge is -2.45. The topological polar surface area (TPSA) is 256 Å². The van der Waals surface area contributed by atoms with Crippen molar-refractivity contribution in [3.8, 4) is 0 Å². The van der Waals surface area contributed by atoms with Gasteiger partial charge in [0.05, 0.1) is 54.7 Å². The van der Waals surface area contributed by atoms with Gasteiger partial charge < -0.3 is 60.4 Å². The first-order valence-electron chi connectivity index (χ1n) is 18.0. The van der Waals surface area contributed by atoms with E-state index in [4.69, 9.17) is 24.7 Å². The van der Waals surface area contributed by atoms with E-state index in [2.05, 4.69) is 0 Å². The molecule has 0 aromatic rings. The summed E-state index contributed by atoms with van der Waals surface area (Å²) in [4.78, 5) is 37.8. The largest absolute Gasteiger partial charge is 0.481 e. The number of aliphatic carboxylic acids is 1.